The van der Waals surface area contributed by atoms with Crippen molar-refractivity contribution in [2.75, 3.05) is 13.2 Å². The Balaban J connectivity index is 1.64. The molecule has 2 aliphatic heterocycles. The van der Waals surface area contributed by atoms with Crippen LogP contribution in [0.5, 0.6) is 0 Å². The summed E-state index contributed by atoms with van der Waals surface area (Å²) >= 11 is 0. The normalized spacial score (nSPS) is 35.0. The molecule has 25 heavy (non-hydrogen) atoms. The summed E-state index contributed by atoms with van der Waals surface area (Å²) in [5.41, 5.74) is 1.14. The second-order valence-electron chi connectivity index (χ2n) is 6.37. The summed E-state index contributed by atoms with van der Waals surface area (Å²) in [5.74, 6) is -0.261. The van der Waals surface area contributed by atoms with Crippen LogP contribution in [0.25, 0.3) is 0 Å². The average Bonchev–Trinajstić information content (AvgIpc) is 2.59. The fourth-order valence-electron chi connectivity index (χ4n) is 3.18. The first-order valence-corrected chi connectivity index (χ1v) is 8.58. The van der Waals surface area contributed by atoms with E-state index in [2.05, 4.69) is 5.32 Å². The van der Waals surface area contributed by atoms with E-state index < -0.39 is 36.9 Å². The molecule has 7 heteroatoms. The van der Waals surface area contributed by atoms with Crippen molar-refractivity contribution in [3.05, 3.63) is 35.9 Å². The minimum atomic E-state index is -0.935. The van der Waals surface area contributed by atoms with Crippen LogP contribution in [0, 0.1) is 0 Å². The molecule has 2 heterocycles. The highest BCUT2D eigenvalue weighted by Gasteiger charge is 2.49. The van der Waals surface area contributed by atoms with Crippen LogP contribution in [0.15, 0.2) is 30.3 Å². The second-order valence-corrected chi connectivity index (χ2v) is 6.37. The molecule has 138 valence electrons. The minimum Gasteiger partial charge on any atom is -0.388 e. The Hall–Kier alpha value is -1.51. The van der Waals surface area contributed by atoms with E-state index in [0.717, 1.165) is 5.56 Å². The molecule has 0 spiro atoms. The number of carbonyl (C=O) groups excluding carboxylic acids is 1. The number of amides is 1. The number of hydrogen-bond acceptors (Lipinski definition) is 6. The summed E-state index contributed by atoms with van der Waals surface area (Å²) in [4.78, 5) is 11.5. The predicted molar refractivity (Wildman–Crippen MR) is 88.7 cm³/mol. The highest BCUT2D eigenvalue weighted by molar-refractivity contribution is 5.73. The van der Waals surface area contributed by atoms with Crippen LogP contribution in [-0.2, 0) is 30.2 Å². The molecule has 1 aromatic rings. The Morgan fingerprint density at radius 3 is 2.80 bits per heavy atom. The lowest BCUT2D eigenvalue weighted by molar-refractivity contribution is -0.337. The lowest BCUT2D eigenvalue weighted by Crippen LogP contribution is -2.67. The number of ether oxygens (including phenoxy) is 4. The molecule has 7 nitrogen and oxygen atoms in total. The van der Waals surface area contributed by atoms with Gasteiger partial charge in [0.1, 0.15) is 24.4 Å². The van der Waals surface area contributed by atoms with Crippen molar-refractivity contribution >= 4 is 5.91 Å². The SMILES string of the molecule is CC(=O)NC1C(OCCc2ccccc2)OC2COC(C)OC2C1O. The van der Waals surface area contributed by atoms with Gasteiger partial charge in [-0.15, -0.1) is 0 Å². The molecular formula is C18H25NO6. The highest BCUT2D eigenvalue weighted by Crippen LogP contribution is 2.29. The molecule has 2 fully saturated rings. The molecule has 0 saturated carbocycles. The van der Waals surface area contributed by atoms with Crippen LogP contribution in [0.1, 0.15) is 19.4 Å². The number of carbonyl (C=O) groups is 1. The standard InChI is InChI=1S/C18H25NO6/c1-11(20)19-15-16(21)17-14(10-23-12(2)24-17)25-18(15)22-9-8-13-6-4-3-5-7-13/h3-7,12,14-18,21H,8-10H2,1-2H3,(H,19,20). The first-order valence-electron chi connectivity index (χ1n) is 8.58. The van der Waals surface area contributed by atoms with Gasteiger partial charge in [-0.3, -0.25) is 4.79 Å². The number of rotatable bonds is 5. The quantitative estimate of drug-likeness (QED) is 0.808. The molecule has 3 rings (SSSR count). The molecule has 0 radical (unpaired) electrons. The number of fused-ring (bicyclic) bond motifs is 1. The Kier molecular flexibility index (Phi) is 6.03. The molecule has 0 aromatic heterocycles. The largest absolute Gasteiger partial charge is 0.388 e. The lowest BCUT2D eigenvalue weighted by Gasteiger charge is -2.47. The zero-order chi connectivity index (χ0) is 17.8. The van der Waals surface area contributed by atoms with Crippen LogP contribution in [0.3, 0.4) is 0 Å². The molecular weight excluding hydrogens is 326 g/mol. The lowest BCUT2D eigenvalue weighted by atomic mass is 9.96. The van der Waals surface area contributed by atoms with E-state index in [1.165, 1.54) is 6.92 Å². The van der Waals surface area contributed by atoms with Crippen LogP contribution in [0.2, 0.25) is 0 Å². The molecule has 2 aliphatic rings. The average molecular weight is 351 g/mol. The third-order valence-corrected chi connectivity index (χ3v) is 4.40. The maximum atomic E-state index is 11.5. The first-order chi connectivity index (χ1) is 12.0. The number of benzene rings is 1. The van der Waals surface area contributed by atoms with Crippen molar-refractivity contribution in [2.45, 2.75) is 57.2 Å². The van der Waals surface area contributed by atoms with E-state index in [4.69, 9.17) is 18.9 Å². The summed E-state index contributed by atoms with van der Waals surface area (Å²) in [6, 6.07) is 9.25. The number of aliphatic hydroxyl groups is 1. The third kappa shape index (κ3) is 4.56. The van der Waals surface area contributed by atoms with Crippen molar-refractivity contribution in [2.24, 2.45) is 0 Å². The zero-order valence-electron chi connectivity index (χ0n) is 14.5. The van der Waals surface area contributed by atoms with Crippen molar-refractivity contribution in [3.63, 3.8) is 0 Å². The van der Waals surface area contributed by atoms with Gasteiger partial charge in [-0.2, -0.15) is 0 Å². The zero-order valence-corrected chi connectivity index (χ0v) is 14.5. The van der Waals surface area contributed by atoms with Gasteiger partial charge in [0, 0.05) is 6.92 Å². The summed E-state index contributed by atoms with van der Waals surface area (Å²) in [6.45, 7) is 3.88. The monoisotopic (exact) mass is 351 g/mol. The van der Waals surface area contributed by atoms with Gasteiger partial charge in [0.25, 0.3) is 0 Å². The number of aliphatic hydroxyl groups excluding tert-OH is 1. The summed E-state index contributed by atoms with van der Waals surface area (Å²) < 4.78 is 22.8. The van der Waals surface area contributed by atoms with E-state index in [-0.39, 0.29) is 5.91 Å². The molecule has 1 amide bonds. The summed E-state index contributed by atoms with van der Waals surface area (Å²) in [6.07, 6.45) is -2.40. The predicted octanol–water partition coefficient (Wildman–Crippen LogP) is 0.598. The summed E-state index contributed by atoms with van der Waals surface area (Å²) in [5, 5.41) is 13.4. The second kappa shape index (κ2) is 8.25. The first kappa shape index (κ1) is 18.3. The Labute approximate surface area is 147 Å². The van der Waals surface area contributed by atoms with E-state index in [1.54, 1.807) is 6.92 Å². The Morgan fingerprint density at radius 1 is 1.32 bits per heavy atom. The van der Waals surface area contributed by atoms with Crippen LogP contribution < -0.4 is 5.32 Å². The van der Waals surface area contributed by atoms with E-state index in [0.29, 0.717) is 19.6 Å². The minimum absolute atomic E-state index is 0.261. The molecule has 6 atom stereocenters. The number of hydrogen-bond donors (Lipinski definition) is 2. The highest BCUT2D eigenvalue weighted by atomic mass is 16.7. The fraction of sp³-hybridized carbons (Fsp3) is 0.611. The van der Waals surface area contributed by atoms with Gasteiger partial charge in [-0.05, 0) is 18.9 Å². The molecule has 2 N–H and O–H groups in total. The van der Waals surface area contributed by atoms with Gasteiger partial charge >= 0.3 is 0 Å². The Morgan fingerprint density at radius 2 is 2.08 bits per heavy atom. The number of nitrogens with one attached hydrogen (secondary N) is 1. The molecule has 2 saturated heterocycles. The fourth-order valence-corrected chi connectivity index (χ4v) is 3.18. The van der Waals surface area contributed by atoms with E-state index in [9.17, 15) is 9.90 Å². The molecule has 1 aromatic carbocycles. The molecule has 0 bridgehead atoms. The topological polar surface area (TPSA) is 86.3 Å². The Bertz CT molecular complexity index is 568. The summed E-state index contributed by atoms with van der Waals surface area (Å²) in [7, 11) is 0. The van der Waals surface area contributed by atoms with Gasteiger partial charge in [0.05, 0.1) is 13.2 Å². The smallest absolute Gasteiger partial charge is 0.217 e. The van der Waals surface area contributed by atoms with Crippen molar-refractivity contribution in [1.29, 1.82) is 0 Å². The molecule has 0 aliphatic carbocycles. The van der Waals surface area contributed by atoms with Gasteiger partial charge in [0.2, 0.25) is 5.91 Å². The third-order valence-electron chi connectivity index (χ3n) is 4.40. The van der Waals surface area contributed by atoms with Gasteiger partial charge < -0.3 is 29.4 Å². The van der Waals surface area contributed by atoms with Crippen molar-refractivity contribution < 1.29 is 28.8 Å². The van der Waals surface area contributed by atoms with E-state index in [1.807, 2.05) is 30.3 Å². The van der Waals surface area contributed by atoms with Crippen molar-refractivity contribution in [1.82, 2.24) is 5.32 Å². The van der Waals surface area contributed by atoms with Gasteiger partial charge in [-0.25, -0.2) is 0 Å². The van der Waals surface area contributed by atoms with Gasteiger partial charge in [0.15, 0.2) is 12.6 Å². The van der Waals surface area contributed by atoms with Crippen LogP contribution >= 0.6 is 0 Å². The van der Waals surface area contributed by atoms with Gasteiger partial charge in [-0.1, -0.05) is 30.3 Å². The maximum Gasteiger partial charge on any atom is 0.217 e. The van der Waals surface area contributed by atoms with Crippen LogP contribution in [-0.4, -0.2) is 61.2 Å². The van der Waals surface area contributed by atoms with Crippen LogP contribution in [0.4, 0.5) is 0 Å². The maximum absolute atomic E-state index is 11.5. The molecule has 6 unspecified atom stereocenters. The van der Waals surface area contributed by atoms with E-state index >= 15 is 0 Å². The van der Waals surface area contributed by atoms with Crippen molar-refractivity contribution in [3.8, 4) is 0 Å².